The first-order valence-corrected chi connectivity index (χ1v) is 6.21. The van der Waals surface area contributed by atoms with Gasteiger partial charge in [-0.05, 0) is 12.1 Å². The highest BCUT2D eigenvalue weighted by molar-refractivity contribution is 8.00. The molecule has 2 rings (SSSR count). The summed E-state index contributed by atoms with van der Waals surface area (Å²) in [5, 5.41) is 6.88. The highest BCUT2D eigenvalue weighted by atomic mass is 32.2. The summed E-state index contributed by atoms with van der Waals surface area (Å²) in [6.07, 6.45) is 0. The zero-order chi connectivity index (χ0) is 9.64. The summed E-state index contributed by atoms with van der Waals surface area (Å²) in [6.45, 7) is 2.06. The van der Waals surface area contributed by atoms with Gasteiger partial charge in [0.05, 0.1) is 0 Å². The molecule has 0 spiro atoms. The first kappa shape index (κ1) is 9.87. The quantitative estimate of drug-likeness (QED) is 0.722. The van der Waals surface area contributed by atoms with Gasteiger partial charge in [0.1, 0.15) is 0 Å². The Morgan fingerprint density at radius 1 is 1.14 bits per heavy atom. The lowest BCUT2D eigenvalue weighted by atomic mass is 10.3. The van der Waals surface area contributed by atoms with Gasteiger partial charge in [0.15, 0.2) is 0 Å². The lowest BCUT2D eigenvalue weighted by molar-refractivity contribution is 0.596. The zero-order valence-electron chi connectivity index (χ0n) is 8.20. The van der Waals surface area contributed by atoms with Crippen molar-refractivity contribution >= 4 is 17.4 Å². The van der Waals surface area contributed by atoms with Gasteiger partial charge in [-0.3, -0.25) is 0 Å². The van der Waals surface area contributed by atoms with E-state index in [1.54, 1.807) is 0 Å². The van der Waals surface area contributed by atoms with Crippen LogP contribution >= 0.6 is 11.8 Å². The fourth-order valence-electron chi connectivity index (χ4n) is 1.39. The van der Waals surface area contributed by atoms with Crippen LogP contribution < -0.4 is 10.6 Å². The molecule has 1 heterocycles. The third-order valence-electron chi connectivity index (χ3n) is 2.30. The SMILES string of the molecule is c1ccc(NCCNC2CSC2)cc1. The molecule has 0 atom stereocenters. The van der Waals surface area contributed by atoms with Crippen molar-refractivity contribution in [3.8, 4) is 0 Å². The number of hydrogen-bond donors (Lipinski definition) is 2. The van der Waals surface area contributed by atoms with Crippen LogP contribution in [-0.2, 0) is 0 Å². The molecule has 1 aliphatic rings. The van der Waals surface area contributed by atoms with Crippen LogP contribution in [0.1, 0.15) is 0 Å². The summed E-state index contributed by atoms with van der Waals surface area (Å²) in [6, 6.07) is 11.1. The van der Waals surface area contributed by atoms with Crippen LogP contribution in [0.25, 0.3) is 0 Å². The Hall–Kier alpha value is -0.670. The minimum absolute atomic E-state index is 0.762. The van der Waals surface area contributed by atoms with Crippen LogP contribution in [-0.4, -0.2) is 30.6 Å². The van der Waals surface area contributed by atoms with Gasteiger partial charge in [0.2, 0.25) is 0 Å². The Kier molecular flexibility index (Phi) is 3.72. The van der Waals surface area contributed by atoms with Gasteiger partial charge in [-0.25, -0.2) is 0 Å². The molecule has 1 fully saturated rings. The molecule has 3 heteroatoms. The topological polar surface area (TPSA) is 24.1 Å². The highest BCUT2D eigenvalue weighted by Gasteiger charge is 2.15. The molecule has 0 aliphatic carbocycles. The second kappa shape index (κ2) is 5.27. The summed E-state index contributed by atoms with van der Waals surface area (Å²) in [7, 11) is 0. The normalized spacial score (nSPS) is 16.3. The van der Waals surface area contributed by atoms with Gasteiger partial charge in [0.25, 0.3) is 0 Å². The second-order valence-electron chi connectivity index (χ2n) is 3.48. The lowest BCUT2D eigenvalue weighted by Crippen LogP contribution is -2.42. The van der Waals surface area contributed by atoms with Crippen LogP contribution in [0.2, 0.25) is 0 Å². The maximum atomic E-state index is 3.51. The molecule has 1 saturated heterocycles. The van der Waals surface area contributed by atoms with E-state index in [0.29, 0.717) is 0 Å². The fourth-order valence-corrected chi connectivity index (χ4v) is 2.10. The molecule has 0 unspecified atom stereocenters. The predicted molar refractivity (Wildman–Crippen MR) is 64.0 cm³/mol. The van der Waals surface area contributed by atoms with Crippen LogP contribution in [0.15, 0.2) is 30.3 Å². The Morgan fingerprint density at radius 3 is 2.57 bits per heavy atom. The Morgan fingerprint density at radius 2 is 1.93 bits per heavy atom. The van der Waals surface area contributed by atoms with E-state index in [0.717, 1.165) is 19.1 Å². The van der Waals surface area contributed by atoms with E-state index in [9.17, 15) is 0 Å². The monoisotopic (exact) mass is 208 g/mol. The number of rotatable bonds is 5. The average molecular weight is 208 g/mol. The van der Waals surface area contributed by atoms with Gasteiger partial charge < -0.3 is 10.6 Å². The minimum Gasteiger partial charge on any atom is -0.384 e. The smallest absolute Gasteiger partial charge is 0.0340 e. The number of nitrogens with one attached hydrogen (secondary N) is 2. The van der Waals surface area contributed by atoms with Gasteiger partial charge >= 0.3 is 0 Å². The molecule has 0 amide bonds. The van der Waals surface area contributed by atoms with Crippen LogP contribution in [0.3, 0.4) is 0 Å². The Balaban J connectivity index is 1.58. The zero-order valence-corrected chi connectivity index (χ0v) is 9.02. The molecule has 1 aromatic rings. The largest absolute Gasteiger partial charge is 0.384 e. The molecule has 0 bridgehead atoms. The van der Waals surface area contributed by atoms with E-state index < -0.39 is 0 Å². The molecule has 14 heavy (non-hydrogen) atoms. The van der Waals surface area contributed by atoms with Crippen LogP contribution in [0.5, 0.6) is 0 Å². The molecular formula is C11H16N2S. The standard InChI is InChI=1S/C11H16N2S/c1-2-4-10(5-3-1)12-6-7-13-11-8-14-9-11/h1-5,11-13H,6-9H2. The summed E-state index contributed by atoms with van der Waals surface area (Å²) < 4.78 is 0. The van der Waals surface area contributed by atoms with Crippen LogP contribution in [0.4, 0.5) is 5.69 Å². The summed E-state index contributed by atoms with van der Waals surface area (Å²) in [4.78, 5) is 0. The molecule has 2 nitrogen and oxygen atoms in total. The minimum atomic E-state index is 0.762. The van der Waals surface area contributed by atoms with Crippen molar-refractivity contribution in [1.29, 1.82) is 0 Å². The fraction of sp³-hybridized carbons (Fsp3) is 0.455. The number of anilines is 1. The van der Waals surface area contributed by atoms with Crippen molar-refractivity contribution in [1.82, 2.24) is 5.32 Å². The number of para-hydroxylation sites is 1. The Bertz CT molecular complexity index is 259. The third-order valence-corrected chi connectivity index (χ3v) is 3.58. The lowest BCUT2D eigenvalue weighted by Gasteiger charge is -2.26. The summed E-state index contributed by atoms with van der Waals surface area (Å²) in [5.41, 5.74) is 1.21. The van der Waals surface area contributed by atoms with Gasteiger partial charge in [-0.2, -0.15) is 11.8 Å². The molecule has 1 aliphatic heterocycles. The first-order valence-electron chi connectivity index (χ1n) is 5.05. The maximum Gasteiger partial charge on any atom is 0.0340 e. The average Bonchev–Trinajstić information content (AvgIpc) is 2.16. The third kappa shape index (κ3) is 2.93. The van der Waals surface area contributed by atoms with E-state index >= 15 is 0 Å². The van der Waals surface area contributed by atoms with E-state index in [1.807, 2.05) is 17.8 Å². The van der Waals surface area contributed by atoms with E-state index in [1.165, 1.54) is 17.2 Å². The molecule has 0 saturated carbocycles. The number of hydrogen-bond acceptors (Lipinski definition) is 3. The second-order valence-corrected chi connectivity index (χ2v) is 4.56. The molecule has 2 N–H and O–H groups in total. The highest BCUT2D eigenvalue weighted by Crippen LogP contribution is 2.16. The van der Waals surface area contributed by atoms with Gasteiger partial charge in [0, 0.05) is 36.3 Å². The van der Waals surface area contributed by atoms with Crippen molar-refractivity contribution < 1.29 is 0 Å². The molecule has 1 aromatic carbocycles. The molecule has 76 valence electrons. The maximum absolute atomic E-state index is 3.51. The van der Waals surface area contributed by atoms with Crippen LogP contribution in [0, 0.1) is 0 Å². The van der Waals surface area contributed by atoms with Crippen molar-refractivity contribution in [2.75, 3.05) is 29.9 Å². The van der Waals surface area contributed by atoms with Gasteiger partial charge in [-0.15, -0.1) is 0 Å². The van der Waals surface area contributed by atoms with Crippen molar-refractivity contribution in [2.45, 2.75) is 6.04 Å². The molecule has 0 radical (unpaired) electrons. The van der Waals surface area contributed by atoms with E-state index in [4.69, 9.17) is 0 Å². The summed E-state index contributed by atoms with van der Waals surface area (Å²) in [5.74, 6) is 2.57. The Labute approximate surface area is 89.5 Å². The number of thioether (sulfide) groups is 1. The first-order chi connectivity index (χ1) is 6.95. The van der Waals surface area contributed by atoms with Crippen molar-refractivity contribution in [3.63, 3.8) is 0 Å². The van der Waals surface area contributed by atoms with Crippen molar-refractivity contribution in [3.05, 3.63) is 30.3 Å². The predicted octanol–water partition coefficient (Wildman–Crippen LogP) is 1.80. The number of benzene rings is 1. The summed E-state index contributed by atoms with van der Waals surface area (Å²) >= 11 is 2.02. The molecular weight excluding hydrogens is 192 g/mol. The van der Waals surface area contributed by atoms with E-state index in [2.05, 4.69) is 34.9 Å². The van der Waals surface area contributed by atoms with Gasteiger partial charge in [-0.1, -0.05) is 18.2 Å². The van der Waals surface area contributed by atoms with E-state index in [-0.39, 0.29) is 0 Å². The van der Waals surface area contributed by atoms with Crippen molar-refractivity contribution in [2.24, 2.45) is 0 Å². The molecule has 0 aromatic heterocycles.